The van der Waals surface area contributed by atoms with Gasteiger partial charge < -0.3 is 16.8 Å². The van der Waals surface area contributed by atoms with Crippen LogP contribution in [0.15, 0.2) is 70.8 Å². The molecule has 7 heteroatoms. The number of amidine groups is 1. The number of fused-ring (bicyclic) bond motifs is 1. The number of rotatable bonds is 6. The van der Waals surface area contributed by atoms with Crippen molar-refractivity contribution in [2.24, 2.45) is 21.9 Å². The molecule has 5 rings (SSSR count). The van der Waals surface area contributed by atoms with Gasteiger partial charge in [0.05, 0.1) is 28.7 Å². The number of nitrogens with one attached hydrogen (secondary N) is 1. The first-order valence-corrected chi connectivity index (χ1v) is 14.0. The van der Waals surface area contributed by atoms with Crippen LogP contribution in [-0.2, 0) is 6.42 Å². The van der Waals surface area contributed by atoms with E-state index >= 15 is 0 Å². The maximum atomic E-state index is 6.73. The molecule has 0 radical (unpaired) electrons. The molecule has 2 heterocycles. The number of aryl methyl sites for hydroxylation is 2. The van der Waals surface area contributed by atoms with Crippen LogP contribution in [0.3, 0.4) is 0 Å². The SMILES string of the molecule is C#Sc1ccc(N=C(N)c2cnn3cc(-c4cccc(C)c4)cc3c2NC2CCC(N)C2(C)C)c(CC)c1. The summed E-state index contributed by atoms with van der Waals surface area (Å²) in [6, 6.07) is 17.0. The maximum Gasteiger partial charge on any atom is 0.135 e. The van der Waals surface area contributed by atoms with Crippen LogP contribution in [0.25, 0.3) is 16.6 Å². The van der Waals surface area contributed by atoms with Gasteiger partial charge in [0.15, 0.2) is 0 Å². The first kappa shape index (κ1) is 26.0. The molecule has 0 saturated heterocycles. The Kier molecular flexibility index (Phi) is 7.01. The molecular weight excluding hydrogens is 488 g/mol. The van der Waals surface area contributed by atoms with Gasteiger partial charge in [0, 0.05) is 28.7 Å². The number of nitrogens with two attached hydrogens (primary N) is 2. The molecule has 6 nitrogen and oxygen atoms in total. The zero-order chi connectivity index (χ0) is 27.0. The van der Waals surface area contributed by atoms with Gasteiger partial charge in [0.25, 0.3) is 0 Å². The van der Waals surface area contributed by atoms with Crippen molar-refractivity contribution in [1.29, 1.82) is 0 Å². The number of aliphatic imine (C=N–C) groups is 1. The summed E-state index contributed by atoms with van der Waals surface area (Å²) in [7, 11) is 0. The van der Waals surface area contributed by atoms with Gasteiger partial charge in [0.2, 0.25) is 0 Å². The zero-order valence-electron chi connectivity index (χ0n) is 22.5. The molecule has 1 fully saturated rings. The summed E-state index contributed by atoms with van der Waals surface area (Å²) in [5.41, 5.74) is 27.0. The molecule has 2 aromatic carbocycles. The van der Waals surface area contributed by atoms with Crippen LogP contribution >= 0.6 is 11.2 Å². The lowest BCUT2D eigenvalue weighted by Crippen LogP contribution is -2.42. The Morgan fingerprint density at radius 3 is 2.68 bits per heavy atom. The highest BCUT2D eigenvalue weighted by atomic mass is 32.1. The third-order valence-electron chi connectivity index (χ3n) is 8.01. The number of aromatic nitrogens is 2. The van der Waals surface area contributed by atoms with Crippen LogP contribution < -0.4 is 16.8 Å². The van der Waals surface area contributed by atoms with E-state index in [9.17, 15) is 0 Å². The van der Waals surface area contributed by atoms with E-state index in [0.29, 0.717) is 5.84 Å². The molecular formula is C31H36N6S. The molecule has 0 bridgehead atoms. The fourth-order valence-electron chi connectivity index (χ4n) is 5.38. The van der Waals surface area contributed by atoms with E-state index in [4.69, 9.17) is 27.2 Å². The largest absolute Gasteiger partial charge is 0.383 e. The van der Waals surface area contributed by atoms with Crippen molar-refractivity contribution in [2.45, 2.75) is 63.9 Å². The number of nitrogens with zero attached hydrogens (tertiary/aromatic N) is 3. The quantitative estimate of drug-likeness (QED) is 0.198. The Morgan fingerprint density at radius 1 is 1.18 bits per heavy atom. The molecule has 0 amide bonds. The monoisotopic (exact) mass is 524 g/mol. The summed E-state index contributed by atoms with van der Waals surface area (Å²) in [5.74, 6) is 0.420. The van der Waals surface area contributed by atoms with Crippen LogP contribution in [0.2, 0.25) is 0 Å². The number of benzene rings is 2. The first-order valence-electron chi connectivity index (χ1n) is 13.2. The van der Waals surface area contributed by atoms with Crippen LogP contribution in [0, 0.1) is 18.0 Å². The fraction of sp³-hybridized carbons (Fsp3) is 0.323. The molecule has 5 N–H and O–H groups in total. The fourth-order valence-corrected chi connectivity index (χ4v) is 5.74. The van der Waals surface area contributed by atoms with Crippen LogP contribution in [-0.4, -0.2) is 27.5 Å². The Hall–Kier alpha value is -3.64. The van der Waals surface area contributed by atoms with E-state index in [1.165, 1.54) is 16.7 Å². The summed E-state index contributed by atoms with van der Waals surface area (Å²) in [6.45, 7) is 8.68. The van der Waals surface area contributed by atoms with Gasteiger partial charge in [0.1, 0.15) is 5.84 Å². The second-order valence-corrected chi connectivity index (χ2v) is 11.5. The molecule has 1 saturated carbocycles. The number of hydrogen-bond acceptors (Lipinski definition) is 4. The average molecular weight is 525 g/mol. The zero-order valence-corrected chi connectivity index (χ0v) is 23.3. The second-order valence-electron chi connectivity index (χ2n) is 10.8. The predicted octanol–water partition coefficient (Wildman–Crippen LogP) is 6.52. The minimum absolute atomic E-state index is 0.0689. The van der Waals surface area contributed by atoms with Crippen LogP contribution in [0.5, 0.6) is 0 Å². The Bertz CT molecular complexity index is 1580. The van der Waals surface area contributed by atoms with Crippen molar-refractivity contribution in [3.05, 3.63) is 77.6 Å². The third-order valence-corrected chi connectivity index (χ3v) is 8.54. The van der Waals surface area contributed by atoms with Crippen LogP contribution in [0.4, 0.5) is 11.4 Å². The summed E-state index contributed by atoms with van der Waals surface area (Å²) in [4.78, 5) is 5.88. The first-order chi connectivity index (χ1) is 18.2. The molecule has 2 atom stereocenters. The van der Waals surface area contributed by atoms with E-state index in [-0.39, 0.29) is 17.5 Å². The lowest BCUT2D eigenvalue weighted by atomic mass is 9.84. The van der Waals surface area contributed by atoms with Crippen molar-refractivity contribution in [2.75, 3.05) is 5.32 Å². The van der Waals surface area contributed by atoms with Gasteiger partial charge in [-0.25, -0.2) is 9.51 Å². The van der Waals surface area contributed by atoms with Gasteiger partial charge in [-0.1, -0.05) is 50.6 Å². The van der Waals surface area contributed by atoms with Gasteiger partial charge in [-0.3, -0.25) is 0 Å². The number of hydrogen-bond donors (Lipinski definition) is 3. The van der Waals surface area contributed by atoms with Crippen molar-refractivity contribution in [1.82, 2.24) is 9.61 Å². The highest BCUT2D eigenvalue weighted by molar-refractivity contribution is 7.88. The van der Waals surface area contributed by atoms with E-state index in [1.54, 1.807) is 0 Å². The molecule has 196 valence electrons. The molecule has 4 aromatic rings. The van der Waals surface area contributed by atoms with Gasteiger partial charge in [-0.15, -0.1) is 16.9 Å². The van der Waals surface area contributed by atoms with Gasteiger partial charge >= 0.3 is 0 Å². The van der Waals surface area contributed by atoms with Crippen molar-refractivity contribution < 1.29 is 0 Å². The second kappa shape index (κ2) is 10.3. The number of anilines is 1. The Labute approximate surface area is 228 Å². The van der Waals surface area contributed by atoms with E-state index in [1.807, 2.05) is 22.8 Å². The maximum absolute atomic E-state index is 6.73. The standard InChI is InChI=1S/C31H36N6S/c1-6-20-15-23(38-5)10-11-25(20)35-30(33)24-17-34-37-18-22(21-9-7-8-19(2)14-21)16-26(37)29(24)36-28-13-12-27(32)31(28,3)4/h5,7-11,14-18,27-28,36H,6,12-13,32H2,1-4H3,(H2,33,35). The normalized spacial score (nSPS) is 19.1. The third kappa shape index (κ3) is 4.81. The molecule has 1 aliphatic carbocycles. The van der Waals surface area contributed by atoms with Gasteiger partial charge in [-0.05, 0) is 67.0 Å². The smallest absolute Gasteiger partial charge is 0.135 e. The van der Waals surface area contributed by atoms with Crippen LogP contribution in [0.1, 0.15) is 50.3 Å². The van der Waals surface area contributed by atoms with Crippen molar-refractivity contribution >= 4 is 33.9 Å². The summed E-state index contributed by atoms with van der Waals surface area (Å²) in [6.07, 6.45) is 6.67. The molecule has 1 aliphatic rings. The minimum atomic E-state index is -0.0689. The van der Waals surface area contributed by atoms with Gasteiger partial charge in [-0.2, -0.15) is 5.10 Å². The topological polar surface area (TPSA) is 93.7 Å². The molecule has 0 spiro atoms. The highest BCUT2D eigenvalue weighted by Crippen LogP contribution is 2.40. The Morgan fingerprint density at radius 2 is 2.00 bits per heavy atom. The summed E-state index contributed by atoms with van der Waals surface area (Å²) >= 11 is 1.23. The lowest BCUT2D eigenvalue weighted by molar-refractivity contribution is 0.308. The average Bonchev–Trinajstić information content (AvgIpc) is 3.45. The van der Waals surface area contributed by atoms with Crippen molar-refractivity contribution in [3.63, 3.8) is 0 Å². The summed E-state index contributed by atoms with van der Waals surface area (Å²) < 4.78 is 1.92. The van der Waals surface area contributed by atoms with E-state index < -0.39 is 0 Å². The van der Waals surface area contributed by atoms with Crippen molar-refractivity contribution in [3.8, 4) is 16.8 Å². The molecule has 0 aliphatic heterocycles. The van der Waals surface area contributed by atoms with E-state index in [2.05, 4.69) is 75.6 Å². The highest BCUT2D eigenvalue weighted by Gasteiger charge is 2.41. The molecule has 38 heavy (non-hydrogen) atoms. The Balaban J connectivity index is 1.65. The predicted molar refractivity (Wildman–Crippen MR) is 161 cm³/mol. The molecule has 2 aromatic heterocycles. The summed E-state index contributed by atoms with van der Waals surface area (Å²) in [5, 5.41) is 8.58. The minimum Gasteiger partial charge on any atom is -0.383 e. The van der Waals surface area contributed by atoms with E-state index in [0.717, 1.165) is 63.3 Å². The molecule has 2 unspecified atom stereocenters. The lowest BCUT2D eigenvalue weighted by Gasteiger charge is -2.32.